The molecular formula is C26H34FN3O2. The zero-order valence-corrected chi connectivity index (χ0v) is 19.5. The van der Waals surface area contributed by atoms with Crippen LogP contribution in [0.3, 0.4) is 0 Å². The zero-order chi connectivity index (χ0) is 23.3. The van der Waals surface area contributed by atoms with E-state index in [-0.39, 0.29) is 29.5 Å². The maximum atomic E-state index is 13.4. The van der Waals surface area contributed by atoms with Gasteiger partial charge in [-0.05, 0) is 67.1 Å². The third-order valence-electron chi connectivity index (χ3n) is 6.07. The first-order valence-electron chi connectivity index (χ1n) is 11.5. The Morgan fingerprint density at radius 1 is 1.03 bits per heavy atom. The number of carbonyl (C=O) groups is 2. The lowest BCUT2D eigenvalue weighted by atomic mass is 10.0. The van der Waals surface area contributed by atoms with Crippen molar-refractivity contribution in [2.75, 3.05) is 24.3 Å². The summed E-state index contributed by atoms with van der Waals surface area (Å²) in [6.07, 6.45) is 3.44. The molecule has 3 rings (SSSR count). The molecule has 1 saturated carbocycles. The van der Waals surface area contributed by atoms with Crippen molar-refractivity contribution in [3.8, 4) is 0 Å². The number of hydrogen-bond donors (Lipinski definition) is 1. The predicted octanol–water partition coefficient (Wildman–Crippen LogP) is 5.21. The minimum Gasteiger partial charge on any atom is -0.377 e. The average molecular weight is 440 g/mol. The Kier molecular flexibility index (Phi) is 7.89. The van der Waals surface area contributed by atoms with Gasteiger partial charge in [0, 0.05) is 50.4 Å². The molecular weight excluding hydrogens is 405 g/mol. The van der Waals surface area contributed by atoms with Gasteiger partial charge in [0.25, 0.3) is 0 Å². The molecule has 1 N–H and O–H groups in total. The minimum absolute atomic E-state index is 0.0593. The van der Waals surface area contributed by atoms with Crippen LogP contribution in [0.5, 0.6) is 0 Å². The van der Waals surface area contributed by atoms with Crippen LogP contribution in [0.1, 0.15) is 50.7 Å². The SMILES string of the molecule is CCC(CC)C(=O)N(Cc1ccc(F)cc1)Cc1cc(NC(=O)C2CC2)ccc1N(C)C. The second-order valence-corrected chi connectivity index (χ2v) is 8.84. The van der Waals surface area contributed by atoms with Crippen LogP contribution in [0.4, 0.5) is 15.8 Å². The van der Waals surface area contributed by atoms with Gasteiger partial charge in [-0.25, -0.2) is 4.39 Å². The monoisotopic (exact) mass is 439 g/mol. The first kappa shape index (κ1) is 23.8. The topological polar surface area (TPSA) is 52.7 Å². The number of carbonyl (C=O) groups excluding carboxylic acids is 2. The van der Waals surface area contributed by atoms with E-state index in [1.165, 1.54) is 12.1 Å². The molecule has 5 nitrogen and oxygen atoms in total. The van der Waals surface area contributed by atoms with Crippen molar-refractivity contribution < 1.29 is 14.0 Å². The van der Waals surface area contributed by atoms with Crippen LogP contribution in [0, 0.1) is 17.7 Å². The van der Waals surface area contributed by atoms with Gasteiger partial charge in [0.2, 0.25) is 11.8 Å². The Morgan fingerprint density at radius 3 is 2.25 bits per heavy atom. The van der Waals surface area contributed by atoms with Crippen molar-refractivity contribution in [2.45, 2.75) is 52.6 Å². The molecule has 32 heavy (non-hydrogen) atoms. The third kappa shape index (κ3) is 6.09. The Balaban J connectivity index is 1.90. The molecule has 2 aromatic carbocycles. The molecule has 2 amide bonds. The van der Waals surface area contributed by atoms with Gasteiger partial charge in [-0.3, -0.25) is 9.59 Å². The quantitative estimate of drug-likeness (QED) is 0.553. The summed E-state index contributed by atoms with van der Waals surface area (Å²) >= 11 is 0. The van der Waals surface area contributed by atoms with Crippen LogP contribution in [0.2, 0.25) is 0 Å². The van der Waals surface area contributed by atoms with Crippen molar-refractivity contribution in [1.82, 2.24) is 4.90 Å². The fraction of sp³-hybridized carbons (Fsp3) is 0.462. The average Bonchev–Trinajstić information content (AvgIpc) is 3.61. The number of anilines is 2. The Bertz CT molecular complexity index is 935. The normalized spacial score (nSPS) is 13.2. The van der Waals surface area contributed by atoms with Crippen LogP contribution < -0.4 is 10.2 Å². The molecule has 6 heteroatoms. The summed E-state index contributed by atoms with van der Waals surface area (Å²) in [5, 5.41) is 3.01. The molecule has 0 aromatic heterocycles. The number of benzene rings is 2. The molecule has 0 bridgehead atoms. The molecule has 172 valence electrons. The molecule has 0 saturated heterocycles. The summed E-state index contributed by atoms with van der Waals surface area (Å²) < 4.78 is 13.4. The van der Waals surface area contributed by atoms with Gasteiger partial charge in [-0.2, -0.15) is 0 Å². The van der Waals surface area contributed by atoms with Crippen LogP contribution in [0.25, 0.3) is 0 Å². The largest absolute Gasteiger partial charge is 0.377 e. The second-order valence-electron chi connectivity index (χ2n) is 8.84. The van der Waals surface area contributed by atoms with Crippen LogP contribution in [-0.4, -0.2) is 30.8 Å². The number of amides is 2. The van der Waals surface area contributed by atoms with E-state index in [9.17, 15) is 14.0 Å². The highest BCUT2D eigenvalue weighted by atomic mass is 19.1. The minimum atomic E-state index is -0.291. The highest BCUT2D eigenvalue weighted by molar-refractivity contribution is 5.94. The van der Waals surface area contributed by atoms with Gasteiger partial charge in [-0.15, -0.1) is 0 Å². The van der Waals surface area contributed by atoms with E-state index < -0.39 is 0 Å². The number of hydrogen-bond acceptors (Lipinski definition) is 3. The summed E-state index contributed by atoms with van der Waals surface area (Å²) in [6.45, 7) is 4.87. The van der Waals surface area contributed by atoms with Crippen LogP contribution in [-0.2, 0) is 22.7 Å². The van der Waals surface area contributed by atoms with Crippen molar-refractivity contribution in [3.63, 3.8) is 0 Å². The summed E-state index contributed by atoms with van der Waals surface area (Å²) in [4.78, 5) is 29.5. The van der Waals surface area contributed by atoms with E-state index >= 15 is 0 Å². The molecule has 0 unspecified atom stereocenters. The van der Waals surface area contributed by atoms with Crippen molar-refractivity contribution in [1.29, 1.82) is 0 Å². The standard InChI is InChI=1S/C26H34FN3O2/c1-5-19(6-2)26(32)30(16-18-7-11-22(27)12-8-18)17-21-15-23(13-14-24(21)29(3)4)28-25(31)20-9-10-20/h7-8,11-15,19-20H,5-6,9-10,16-17H2,1-4H3,(H,28,31). The fourth-order valence-electron chi connectivity index (χ4n) is 3.94. The maximum Gasteiger partial charge on any atom is 0.227 e. The Labute approximate surface area is 190 Å². The molecule has 1 fully saturated rings. The number of rotatable bonds is 10. The van der Waals surface area contributed by atoms with Crippen molar-refractivity contribution >= 4 is 23.2 Å². The van der Waals surface area contributed by atoms with Crippen molar-refractivity contribution in [3.05, 3.63) is 59.4 Å². The summed E-state index contributed by atoms with van der Waals surface area (Å²) in [7, 11) is 3.93. The highest BCUT2D eigenvalue weighted by Crippen LogP contribution is 2.31. The predicted molar refractivity (Wildman–Crippen MR) is 127 cm³/mol. The number of nitrogens with zero attached hydrogens (tertiary/aromatic N) is 2. The Hall–Kier alpha value is -2.89. The van der Waals surface area contributed by atoms with Crippen molar-refractivity contribution in [2.24, 2.45) is 11.8 Å². The first-order chi connectivity index (χ1) is 15.3. The molecule has 1 aliphatic rings. The second kappa shape index (κ2) is 10.6. The van der Waals surface area contributed by atoms with Gasteiger partial charge in [0.15, 0.2) is 0 Å². The molecule has 0 aliphatic heterocycles. The number of nitrogens with one attached hydrogen (secondary N) is 1. The van der Waals surface area contributed by atoms with Gasteiger partial charge in [0.05, 0.1) is 0 Å². The van der Waals surface area contributed by atoms with Gasteiger partial charge >= 0.3 is 0 Å². The lowest BCUT2D eigenvalue weighted by Gasteiger charge is -2.29. The van der Waals surface area contributed by atoms with Gasteiger partial charge in [0.1, 0.15) is 5.82 Å². The summed E-state index contributed by atoms with van der Waals surface area (Å²) in [6, 6.07) is 12.2. The van der Waals surface area contributed by atoms with E-state index in [2.05, 4.69) is 5.32 Å². The zero-order valence-electron chi connectivity index (χ0n) is 19.5. The highest BCUT2D eigenvalue weighted by Gasteiger charge is 2.30. The van der Waals surface area contributed by atoms with Gasteiger partial charge < -0.3 is 15.1 Å². The lowest BCUT2D eigenvalue weighted by molar-refractivity contribution is -0.137. The first-order valence-corrected chi connectivity index (χ1v) is 11.5. The van der Waals surface area contributed by atoms with E-state index in [1.54, 1.807) is 12.1 Å². The molecule has 0 spiro atoms. The lowest BCUT2D eigenvalue weighted by Crippen LogP contribution is -2.35. The molecule has 0 heterocycles. The van der Waals surface area contributed by atoms with Gasteiger partial charge in [-0.1, -0.05) is 26.0 Å². The molecule has 2 aromatic rings. The third-order valence-corrected chi connectivity index (χ3v) is 6.07. The Morgan fingerprint density at radius 2 is 1.69 bits per heavy atom. The fourth-order valence-corrected chi connectivity index (χ4v) is 3.94. The molecule has 0 atom stereocenters. The van der Waals surface area contributed by atoms with E-state index in [1.807, 2.05) is 55.9 Å². The van der Waals surface area contributed by atoms with Crippen LogP contribution in [0.15, 0.2) is 42.5 Å². The maximum absolute atomic E-state index is 13.4. The van der Waals surface area contributed by atoms with E-state index in [0.29, 0.717) is 13.1 Å². The van der Waals surface area contributed by atoms with E-state index in [4.69, 9.17) is 0 Å². The number of halogens is 1. The van der Waals surface area contributed by atoms with E-state index in [0.717, 1.165) is 48.2 Å². The summed E-state index contributed by atoms with van der Waals surface area (Å²) in [5.41, 5.74) is 3.59. The summed E-state index contributed by atoms with van der Waals surface area (Å²) in [5.74, 6) is -0.0729. The van der Waals surface area contributed by atoms with Crippen LogP contribution >= 0.6 is 0 Å². The molecule has 1 aliphatic carbocycles. The molecule has 0 radical (unpaired) electrons. The smallest absolute Gasteiger partial charge is 0.227 e.